The molecule has 1 aromatic heterocycles. The van der Waals surface area contributed by atoms with Crippen molar-refractivity contribution in [1.82, 2.24) is 9.24 Å². The number of nitrogens with zero attached hydrogens (tertiary/aromatic N) is 3. The van der Waals surface area contributed by atoms with Crippen LogP contribution in [-0.4, -0.2) is 35.6 Å². The molecule has 0 saturated heterocycles. The molecule has 1 heterocycles. The van der Waals surface area contributed by atoms with Gasteiger partial charge in [-0.15, -0.1) is 0 Å². The van der Waals surface area contributed by atoms with E-state index >= 15 is 0 Å². The molecule has 0 amide bonds. The molecule has 0 fully saturated rings. The maximum atomic E-state index is 12.6. The minimum atomic E-state index is -0.718. The smallest absolute Gasteiger partial charge is 0.357 e. The summed E-state index contributed by atoms with van der Waals surface area (Å²) in [5.41, 5.74) is 0.902. The molecular formula is C22H19N3O4S. The van der Waals surface area contributed by atoms with E-state index in [-0.39, 0.29) is 10.5 Å². The monoisotopic (exact) mass is 421 g/mol. The third-order valence-electron chi connectivity index (χ3n) is 4.17. The van der Waals surface area contributed by atoms with Crippen LogP contribution in [0.15, 0.2) is 76.6 Å². The lowest BCUT2D eigenvalue weighted by Crippen LogP contribution is -2.26. The molecule has 0 aliphatic carbocycles. The number of aromatic nitrogens is 2. The molecule has 0 aliphatic heterocycles. The van der Waals surface area contributed by atoms with Crippen molar-refractivity contribution in [2.45, 2.75) is 0 Å². The highest BCUT2D eigenvalue weighted by Gasteiger charge is 2.16. The predicted octanol–water partition coefficient (Wildman–Crippen LogP) is 3.71. The molecule has 0 N–H and O–H groups in total. The van der Waals surface area contributed by atoms with Gasteiger partial charge >= 0.3 is 5.97 Å². The van der Waals surface area contributed by atoms with Crippen LogP contribution in [0.3, 0.4) is 0 Å². The second-order valence-electron chi connectivity index (χ2n) is 5.99. The second kappa shape index (κ2) is 9.62. The number of rotatable bonds is 6. The van der Waals surface area contributed by atoms with Gasteiger partial charge in [0.1, 0.15) is 5.75 Å². The van der Waals surface area contributed by atoms with Gasteiger partial charge in [0, 0.05) is 17.8 Å². The van der Waals surface area contributed by atoms with Crippen molar-refractivity contribution in [3.63, 3.8) is 0 Å². The lowest BCUT2D eigenvalue weighted by atomic mass is 10.2. The Labute approximate surface area is 178 Å². The molecular weight excluding hydrogens is 402 g/mol. The number of benzene rings is 2. The molecule has 0 spiro atoms. The average molecular weight is 421 g/mol. The Balaban J connectivity index is 2.07. The van der Waals surface area contributed by atoms with Gasteiger partial charge in [-0.1, -0.05) is 36.4 Å². The molecule has 7 nitrogen and oxygen atoms in total. The van der Waals surface area contributed by atoms with E-state index in [9.17, 15) is 9.59 Å². The van der Waals surface area contributed by atoms with E-state index in [1.54, 1.807) is 43.5 Å². The van der Waals surface area contributed by atoms with Gasteiger partial charge in [-0.25, -0.2) is 4.79 Å². The van der Waals surface area contributed by atoms with E-state index in [0.29, 0.717) is 11.4 Å². The summed E-state index contributed by atoms with van der Waals surface area (Å²) in [5.74, 6) is -0.00379. The van der Waals surface area contributed by atoms with Gasteiger partial charge < -0.3 is 9.47 Å². The number of methoxy groups -OCH3 is 2. The molecule has 0 aliphatic rings. The van der Waals surface area contributed by atoms with Crippen molar-refractivity contribution in [3.05, 3.63) is 93.1 Å². The summed E-state index contributed by atoms with van der Waals surface area (Å²) in [4.78, 5) is 24.8. The third kappa shape index (κ3) is 4.44. The van der Waals surface area contributed by atoms with Gasteiger partial charge in [0.2, 0.25) is 4.77 Å². The third-order valence-corrected chi connectivity index (χ3v) is 4.53. The van der Waals surface area contributed by atoms with Crippen LogP contribution in [0.25, 0.3) is 11.8 Å². The highest BCUT2D eigenvalue weighted by Crippen LogP contribution is 2.18. The minimum absolute atomic E-state index is 0.0380. The highest BCUT2D eigenvalue weighted by atomic mass is 32.1. The number of allylic oxidation sites excluding steroid dienone is 1. The number of hydrogen-bond acceptors (Lipinski definition) is 6. The molecule has 0 atom stereocenters. The van der Waals surface area contributed by atoms with Crippen molar-refractivity contribution < 1.29 is 14.3 Å². The van der Waals surface area contributed by atoms with Crippen molar-refractivity contribution >= 4 is 30.5 Å². The Kier molecular flexibility index (Phi) is 6.71. The fourth-order valence-electron chi connectivity index (χ4n) is 2.77. The molecule has 3 aromatic rings. The Hall–Kier alpha value is -3.78. The quantitative estimate of drug-likeness (QED) is 0.345. The zero-order valence-electron chi connectivity index (χ0n) is 16.4. The zero-order valence-corrected chi connectivity index (χ0v) is 17.2. The fourth-order valence-corrected chi connectivity index (χ4v) is 3.11. The van der Waals surface area contributed by atoms with Crippen molar-refractivity contribution in [2.75, 3.05) is 14.2 Å². The van der Waals surface area contributed by atoms with E-state index in [1.165, 1.54) is 22.6 Å². The van der Waals surface area contributed by atoms with Crippen LogP contribution in [-0.2, 0) is 4.74 Å². The first-order valence-corrected chi connectivity index (χ1v) is 9.34. The van der Waals surface area contributed by atoms with Crippen LogP contribution in [0.1, 0.15) is 16.1 Å². The van der Waals surface area contributed by atoms with Gasteiger partial charge in [-0.3, -0.25) is 9.36 Å². The van der Waals surface area contributed by atoms with Gasteiger partial charge in [-0.2, -0.15) is 9.78 Å². The van der Waals surface area contributed by atoms with Crippen LogP contribution in [0.5, 0.6) is 5.75 Å². The molecule has 0 saturated carbocycles. The molecule has 3 rings (SSSR count). The van der Waals surface area contributed by atoms with Crippen molar-refractivity contribution in [1.29, 1.82) is 0 Å². The first-order valence-electron chi connectivity index (χ1n) is 8.93. The second-order valence-corrected chi connectivity index (χ2v) is 6.36. The molecule has 30 heavy (non-hydrogen) atoms. The Bertz CT molecular complexity index is 1230. The lowest BCUT2D eigenvalue weighted by Gasteiger charge is -2.12. The number of carbonyl (C=O) groups excluding carboxylic acids is 1. The maximum absolute atomic E-state index is 12.6. The first kappa shape index (κ1) is 20.9. The van der Waals surface area contributed by atoms with Crippen LogP contribution in [0.4, 0.5) is 0 Å². The van der Waals surface area contributed by atoms with Gasteiger partial charge in [0.25, 0.3) is 5.56 Å². The summed E-state index contributed by atoms with van der Waals surface area (Å²) < 4.78 is 12.6. The van der Waals surface area contributed by atoms with E-state index < -0.39 is 11.5 Å². The summed E-state index contributed by atoms with van der Waals surface area (Å²) >= 11 is 5.46. The topological polar surface area (TPSA) is 74.8 Å². The lowest BCUT2D eigenvalue weighted by molar-refractivity contribution is 0.0587. The minimum Gasteiger partial charge on any atom is -0.496 e. The molecule has 8 heteroatoms. The summed E-state index contributed by atoms with van der Waals surface area (Å²) in [6.45, 7) is 0. The molecule has 0 radical (unpaired) electrons. The van der Waals surface area contributed by atoms with Crippen LogP contribution in [0.2, 0.25) is 0 Å². The van der Waals surface area contributed by atoms with E-state index in [4.69, 9.17) is 21.7 Å². The summed E-state index contributed by atoms with van der Waals surface area (Å²) in [7, 11) is 2.82. The Morgan fingerprint density at radius 2 is 1.77 bits per heavy atom. The van der Waals surface area contributed by atoms with Crippen LogP contribution in [0, 0.1) is 4.77 Å². The van der Waals surface area contributed by atoms with Crippen molar-refractivity contribution in [3.8, 4) is 11.4 Å². The fraction of sp³-hybridized carbons (Fsp3) is 0.0909. The zero-order chi connectivity index (χ0) is 21.5. The average Bonchev–Trinajstić information content (AvgIpc) is 2.78. The SMILES string of the molecule is COC(=O)c1cc(=O)n(-c2ccccc2)c(=S)n1/N=C/C=C/c1ccccc1OC. The van der Waals surface area contributed by atoms with Crippen molar-refractivity contribution in [2.24, 2.45) is 5.10 Å². The molecule has 0 bridgehead atoms. The molecule has 0 unspecified atom stereocenters. The number of ether oxygens (including phenoxy) is 2. The van der Waals surface area contributed by atoms with Gasteiger partial charge in [-0.05, 0) is 42.6 Å². The van der Waals surface area contributed by atoms with E-state index in [2.05, 4.69) is 5.10 Å². The largest absolute Gasteiger partial charge is 0.496 e. The standard InChI is InChI=1S/C22H19N3O4S/c1-28-19-13-7-6-9-16(19)10-8-14-23-25-18(21(27)29-2)15-20(26)24(22(25)30)17-11-4-3-5-12-17/h3-15H,1-2H3/b10-8+,23-14+. The number of esters is 1. The van der Waals surface area contributed by atoms with Gasteiger partial charge in [0.05, 0.1) is 19.9 Å². The number of para-hydroxylation sites is 2. The first-order chi connectivity index (χ1) is 14.6. The van der Waals surface area contributed by atoms with Crippen LogP contribution < -0.4 is 10.3 Å². The number of carbonyl (C=O) groups is 1. The summed E-state index contributed by atoms with van der Waals surface area (Å²) in [6.07, 6.45) is 4.95. The molecule has 2 aromatic carbocycles. The highest BCUT2D eigenvalue weighted by molar-refractivity contribution is 7.71. The van der Waals surface area contributed by atoms with Crippen LogP contribution >= 0.6 is 12.2 Å². The Morgan fingerprint density at radius 1 is 1.07 bits per heavy atom. The summed E-state index contributed by atoms with van der Waals surface area (Å²) in [6, 6.07) is 17.5. The molecule has 152 valence electrons. The predicted molar refractivity (Wildman–Crippen MR) is 118 cm³/mol. The number of hydrogen-bond donors (Lipinski definition) is 0. The van der Waals surface area contributed by atoms with E-state index in [0.717, 1.165) is 11.6 Å². The summed E-state index contributed by atoms with van der Waals surface area (Å²) in [5, 5.41) is 4.27. The normalized spacial score (nSPS) is 11.1. The Morgan fingerprint density at radius 3 is 2.47 bits per heavy atom. The van der Waals surface area contributed by atoms with Gasteiger partial charge in [0.15, 0.2) is 5.69 Å². The van der Waals surface area contributed by atoms with E-state index in [1.807, 2.05) is 30.3 Å². The maximum Gasteiger partial charge on any atom is 0.357 e.